The Morgan fingerprint density at radius 3 is 2.47 bits per heavy atom. The number of hydrogen-bond donors (Lipinski definition) is 1. The van der Waals surface area contributed by atoms with Gasteiger partial charge in [0.05, 0.1) is 6.10 Å². The van der Waals surface area contributed by atoms with Gasteiger partial charge in [-0.15, -0.1) is 0 Å². The lowest BCUT2D eigenvalue weighted by molar-refractivity contribution is 0.0400. The molecule has 0 aromatic heterocycles. The Hall–Kier alpha value is -0.120. The van der Waals surface area contributed by atoms with Crippen molar-refractivity contribution in [3.8, 4) is 0 Å². The molecule has 3 nitrogen and oxygen atoms in total. The molecule has 0 spiro atoms. The molecular weight excluding hydrogens is 212 g/mol. The lowest BCUT2D eigenvalue weighted by Crippen LogP contribution is -2.55. The Kier molecular flexibility index (Phi) is 4.45. The molecule has 1 saturated carbocycles. The fraction of sp³-hybridized carbons (Fsp3) is 1.00. The van der Waals surface area contributed by atoms with Crippen molar-refractivity contribution in [2.75, 3.05) is 26.7 Å². The average molecular weight is 240 g/mol. The van der Waals surface area contributed by atoms with Gasteiger partial charge in [0.15, 0.2) is 0 Å². The second-order valence-corrected chi connectivity index (χ2v) is 5.87. The van der Waals surface area contributed by atoms with Crippen molar-refractivity contribution in [1.29, 1.82) is 0 Å². The molecule has 1 aliphatic carbocycles. The van der Waals surface area contributed by atoms with Gasteiger partial charge in [-0.25, -0.2) is 0 Å². The van der Waals surface area contributed by atoms with Crippen LogP contribution in [0.3, 0.4) is 0 Å². The predicted molar refractivity (Wildman–Crippen MR) is 71.0 cm³/mol. The first-order valence-electron chi connectivity index (χ1n) is 7.22. The SMILES string of the molecule is CCC1CCC(CN)(N2CCC(OC)C2)CC1. The van der Waals surface area contributed by atoms with E-state index < -0.39 is 0 Å². The number of likely N-dealkylation sites (tertiary alicyclic amines) is 1. The monoisotopic (exact) mass is 240 g/mol. The van der Waals surface area contributed by atoms with E-state index in [-0.39, 0.29) is 0 Å². The lowest BCUT2D eigenvalue weighted by atomic mass is 9.74. The summed E-state index contributed by atoms with van der Waals surface area (Å²) in [6, 6.07) is 0. The van der Waals surface area contributed by atoms with E-state index in [1.807, 2.05) is 7.11 Å². The van der Waals surface area contributed by atoms with Gasteiger partial charge in [0.1, 0.15) is 0 Å². The van der Waals surface area contributed by atoms with E-state index in [4.69, 9.17) is 10.5 Å². The first-order valence-corrected chi connectivity index (χ1v) is 7.22. The number of methoxy groups -OCH3 is 1. The largest absolute Gasteiger partial charge is 0.380 e. The van der Waals surface area contributed by atoms with Gasteiger partial charge in [-0.3, -0.25) is 4.90 Å². The highest BCUT2D eigenvalue weighted by molar-refractivity contribution is 4.98. The van der Waals surface area contributed by atoms with Gasteiger partial charge in [0.25, 0.3) is 0 Å². The summed E-state index contributed by atoms with van der Waals surface area (Å²) < 4.78 is 5.48. The van der Waals surface area contributed by atoms with E-state index in [0.717, 1.165) is 19.0 Å². The third kappa shape index (κ3) is 2.67. The number of nitrogens with zero attached hydrogens (tertiary/aromatic N) is 1. The molecule has 2 N–H and O–H groups in total. The summed E-state index contributed by atoms with van der Waals surface area (Å²) in [7, 11) is 1.83. The third-order valence-electron chi connectivity index (χ3n) is 5.14. The van der Waals surface area contributed by atoms with Crippen LogP contribution in [0.25, 0.3) is 0 Å². The molecule has 2 aliphatic rings. The van der Waals surface area contributed by atoms with Gasteiger partial charge in [0.2, 0.25) is 0 Å². The van der Waals surface area contributed by atoms with Gasteiger partial charge in [-0.1, -0.05) is 13.3 Å². The minimum absolute atomic E-state index is 0.291. The fourth-order valence-electron chi connectivity index (χ4n) is 3.62. The molecule has 1 aliphatic heterocycles. The second kappa shape index (κ2) is 5.68. The maximum atomic E-state index is 6.11. The first-order chi connectivity index (χ1) is 8.24. The van der Waals surface area contributed by atoms with Crippen molar-refractivity contribution in [2.24, 2.45) is 11.7 Å². The summed E-state index contributed by atoms with van der Waals surface area (Å²) in [5, 5.41) is 0. The molecule has 0 aromatic rings. The van der Waals surface area contributed by atoms with E-state index >= 15 is 0 Å². The molecule has 0 amide bonds. The van der Waals surface area contributed by atoms with Gasteiger partial charge >= 0.3 is 0 Å². The van der Waals surface area contributed by atoms with E-state index in [1.54, 1.807) is 0 Å². The minimum Gasteiger partial charge on any atom is -0.380 e. The zero-order valence-corrected chi connectivity index (χ0v) is 11.5. The van der Waals surface area contributed by atoms with Gasteiger partial charge in [0, 0.05) is 32.3 Å². The second-order valence-electron chi connectivity index (χ2n) is 5.87. The average Bonchev–Trinajstić information content (AvgIpc) is 2.88. The molecule has 2 rings (SSSR count). The Balaban J connectivity index is 1.96. The van der Waals surface area contributed by atoms with Crippen molar-refractivity contribution in [1.82, 2.24) is 4.90 Å². The van der Waals surface area contributed by atoms with Crippen LogP contribution in [0.1, 0.15) is 45.4 Å². The molecule has 1 heterocycles. The number of rotatable bonds is 4. The normalized spacial score (nSPS) is 39.7. The third-order valence-corrected chi connectivity index (χ3v) is 5.14. The van der Waals surface area contributed by atoms with Gasteiger partial charge in [-0.2, -0.15) is 0 Å². The predicted octanol–water partition coefficient (Wildman–Crippen LogP) is 2.00. The number of nitrogens with two attached hydrogens (primary N) is 1. The van der Waals surface area contributed by atoms with Crippen molar-refractivity contribution < 1.29 is 4.74 Å². The fourth-order valence-corrected chi connectivity index (χ4v) is 3.62. The molecule has 17 heavy (non-hydrogen) atoms. The number of ether oxygens (including phenoxy) is 1. The summed E-state index contributed by atoms with van der Waals surface area (Å²) in [6.45, 7) is 5.40. The van der Waals surface area contributed by atoms with Gasteiger partial charge < -0.3 is 10.5 Å². The molecule has 1 unspecified atom stereocenters. The highest BCUT2D eigenvalue weighted by Gasteiger charge is 2.41. The van der Waals surface area contributed by atoms with Gasteiger partial charge in [-0.05, 0) is 38.0 Å². The molecular formula is C14H28N2O. The molecule has 3 heteroatoms. The van der Waals surface area contributed by atoms with Crippen LogP contribution in [-0.2, 0) is 4.74 Å². The molecule has 0 aromatic carbocycles. The van der Waals surface area contributed by atoms with Crippen LogP contribution in [0, 0.1) is 5.92 Å². The maximum Gasteiger partial charge on any atom is 0.0710 e. The van der Waals surface area contributed by atoms with Crippen molar-refractivity contribution in [3.63, 3.8) is 0 Å². The van der Waals surface area contributed by atoms with Crippen molar-refractivity contribution in [2.45, 2.75) is 57.1 Å². The van der Waals surface area contributed by atoms with Crippen LogP contribution in [0.4, 0.5) is 0 Å². The van der Waals surface area contributed by atoms with Crippen LogP contribution in [0.2, 0.25) is 0 Å². The summed E-state index contributed by atoms with van der Waals surface area (Å²) in [6.07, 6.45) is 8.25. The molecule has 0 radical (unpaired) electrons. The zero-order valence-electron chi connectivity index (χ0n) is 11.5. The maximum absolute atomic E-state index is 6.11. The summed E-state index contributed by atoms with van der Waals surface area (Å²) in [5.41, 5.74) is 6.40. The van der Waals surface area contributed by atoms with E-state index in [2.05, 4.69) is 11.8 Å². The molecule has 1 atom stereocenters. The van der Waals surface area contributed by atoms with Crippen LogP contribution in [-0.4, -0.2) is 43.3 Å². The summed E-state index contributed by atoms with van der Waals surface area (Å²) in [5.74, 6) is 0.940. The van der Waals surface area contributed by atoms with Crippen LogP contribution in [0.15, 0.2) is 0 Å². The minimum atomic E-state index is 0.291. The smallest absolute Gasteiger partial charge is 0.0710 e. The quantitative estimate of drug-likeness (QED) is 0.817. The molecule has 100 valence electrons. The topological polar surface area (TPSA) is 38.5 Å². The van der Waals surface area contributed by atoms with Crippen molar-refractivity contribution >= 4 is 0 Å². The zero-order chi connectivity index (χ0) is 12.3. The Morgan fingerprint density at radius 1 is 1.29 bits per heavy atom. The Bertz CT molecular complexity index is 236. The summed E-state index contributed by atoms with van der Waals surface area (Å²) in [4.78, 5) is 2.62. The van der Waals surface area contributed by atoms with E-state index in [1.165, 1.54) is 45.1 Å². The Morgan fingerprint density at radius 2 is 2.00 bits per heavy atom. The first kappa shape index (κ1) is 13.3. The molecule has 1 saturated heterocycles. The molecule has 2 fully saturated rings. The van der Waals surface area contributed by atoms with Crippen LogP contribution < -0.4 is 5.73 Å². The summed E-state index contributed by atoms with van der Waals surface area (Å²) >= 11 is 0. The standard InChI is InChI=1S/C14H28N2O/c1-3-12-4-7-14(11-15,8-5-12)16-9-6-13(10-16)17-2/h12-13H,3-11,15H2,1-2H3. The lowest BCUT2D eigenvalue weighted by Gasteiger charge is -2.46. The van der Waals surface area contributed by atoms with Crippen LogP contribution >= 0.6 is 0 Å². The molecule has 0 bridgehead atoms. The van der Waals surface area contributed by atoms with E-state index in [0.29, 0.717) is 11.6 Å². The van der Waals surface area contributed by atoms with Crippen molar-refractivity contribution in [3.05, 3.63) is 0 Å². The number of hydrogen-bond acceptors (Lipinski definition) is 3. The highest BCUT2D eigenvalue weighted by Crippen LogP contribution is 2.38. The van der Waals surface area contributed by atoms with E-state index in [9.17, 15) is 0 Å². The Labute approximate surface area is 106 Å². The highest BCUT2D eigenvalue weighted by atomic mass is 16.5. The van der Waals surface area contributed by atoms with Crippen LogP contribution in [0.5, 0.6) is 0 Å².